The molecule has 0 fully saturated rings. The third kappa shape index (κ3) is 4.65. The molecular weight excluding hydrogens is 379 g/mol. The number of alkyl halides is 3. The highest BCUT2D eigenvalue weighted by molar-refractivity contribution is 6.03. The second-order valence-electron chi connectivity index (χ2n) is 5.69. The normalized spacial score (nSPS) is 11.2. The first-order valence-electron chi connectivity index (χ1n) is 7.85. The maximum atomic E-state index is 12.8. The summed E-state index contributed by atoms with van der Waals surface area (Å²) in [6.45, 7) is -0.0812. The molecule has 0 aliphatic rings. The molecule has 0 unspecified atom stereocenters. The van der Waals surface area contributed by atoms with Gasteiger partial charge in [0.05, 0.1) is 12.2 Å². The molecule has 0 aliphatic heterocycles. The summed E-state index contributed by atoms with van der Waals surface area (Å²) in [6.07, 6.45) is -4.50. The number of likely N-dealkylation sites (N-methyl/N-ethyl adjacent to an activating group) is 1. The van der Waals surface area contributed by atoms with Crippen molar-refractivity contribution in [2.24, 2.45) is 16.5 Å². The van der Waals surface area contributed by atoms with Crippen LogP contribution in [0.15, 0.2) is 29.3 Å². The van der Waals surface area contributed by atoms with Crippen LogP contribution in [0.3, 0.4) is 0 Å². The lowest BCUT2D eigenvalue weighted by Crippen LogP contribution is -2.26. The minimum atomic E-state index is -4.50. The van der Waals surface area contributed by atoms with Crippen LogP contribution in [0.4, 0.5) is 24.8 Å². The van der Waals surface area contributed by atoms with Crippen molar-refractivity contribution in [1.29, 1.82) is 0 Å². The van der Waals surface area contributed by atoms with Crippen LogP contribution < -0.4 is 22.1 Å². The number of aromatic nitrogens is 2. The predicted octanol–water partition coefficient (Wildman–Crippen LogP) is 0.587. The highest BCUT2D eigenvalue weighted by atomic mass is 19.4. The fourth-order valence-electron chi connectivity index (χ4n) is 2.30. The Balaban J connectivity index is 2.64. The third-order valence-electron chi connectivity index (χ3n) is 3.62. The quantitative estimate of drug-likeness (QED) is 0.422. The molecule has 0 bridgehead atoms. The number of hydrogen-bond acceptors (Lipinski definition) is 6. The number of nitrogens with two attached hydrogens (primary N) is 3. The van der Waals surface area contributed by atoms with Gasteiger partial charge in [-0.2, -0.15) is 18.2 Å². The average Bonchev–Trinajstić information content (AvgIpc) is 2.60. The van der Waals surface area contributed by atoms with Gasteiger partial charge in [-0.3, -0.25) is 4.79 Å². The van der Waals surface area contributed by atoms with Gasteiger partial charge in [0.25, 0.3) is 0 Å². The van der Waals surface area contributed by atoms with E-state index in [9.17, 15) is 18.0 Å². The zero-order chi connectivity index (χ0) is 21.1. The third-order valence-corrected chi connectivity index (χ3v) is 3.62. The molecule has 0 radical (unpaired) electrons. The van der Waals surface area contributed by atoms with Gasteiger partial charge in [-0.1, -0.05) is 12.1 Å². The Morgan fingerprint density at radius 3 is 2.32 bits per heavy atom. The van der Waals surface area contributed by atoms with Crippen LogP contribution in [-0.2, 0) is 6.18 Å². The number of hydrogen-bond donors (Lipinski definition) is 4. The molecule has 1 heterocycles. The number of nitrogen functional groups attached to an aromatic ring is 1. The van der Waals surface area contributed by atoms with Crippen molar-refractivity contribution in [3.05, 3.63) is 35.5 Å². The molecule has 7 N–H and O–H groups in total. The number of carbonyl (C=O) groups excluding carboxylic acids is 1. The lowest BCUT2D eigenvalue weighted by Gasteiger charge is -2.21. The standard InChI is InChI=1S/C16H18F3N7O2/c1-26(6-7-27)13-10(8-2-4-9(5-3-8)16(17,18)19)23-11(12(20)24-13)14(28)25-15(21)22/h2-5,27H,6-7H2,1H3,(H2,20,24)(H4,21,22,25,28). The van der Waals surface area contributed by atoms with Crippen LogP contribution in [0, 0.1) is 0 Å². The second-order valence-corrected chi connectivity index (χ2v) is 5.69. The van der Waals surface area contributed by atoms with E-state index in [1.54, 1.807) is 7.05 Å². The van der Waals surface area contributed by atoms with Gasteiger partial charge in [0, 0.05) is 19.2 Å². The number of aliphatic hydroxyl groups excluding tert-OH is 1. The lowest BCUT2D eigenvalue weighted by atomic mass is 10.1. The summed E-state index contributed by atoms with van der Waals surface area (Å²) < 4.78 is 38.4. The number of guanidine groups is 1. The zero-order valence-corrected chi connectivity index (χ0v) is 14.7. The van der Waals surface area contributed by atoms with Gasteiger partial charge in [0.2, 0.25) is 0 Å². The Morgan fingerprint density at radius 1 is 1.21 bits per heavy atom. The molecule has 1 aromatic carbocycles. The highest BCUT2D eigenvalue weighted by Gasteiger charge is 2.30. The Labute approximate surface area is 157 Å². The van der Waals surface area contributed by atoms with Crippen molar-refractivity contribution in [2.45, 2.75) is 6.18 Å². The molecule has 0 saturated carbocycles. The maximum absolute atomic E-state index is 12.8. The van der Waals surface area contributed by atoms with Crippen LogP contribution >= 0.6 is 0 Å². The molecule has 9 nitrogen and oxygen atoms in total. The van der Waals surface area contributed by atoms with Crippen molar-refractivity contribution in [3.8, 4) is 11.3 Å². The van der Waals surface area contributed by atoms with Gasteiger partial charge in [-0.15, -0.1) is 0 Å². The van der Waals surface area contributed by atoms with E-state index in [2.05, 4.69) is 15.0 Å². The average molecular weight is 397 g/mol. The van der Waals surface area contributed by atoms with Gasteiger partial charge in [-0.25, -0.2) is 9.97 Å². The molecule has 28 heavy (non-hydrogen) atoms. The van der Waals surface area contributed by atoms with E-state index in [0.29, 0.717) is 0 Å². The van der Waals surface area contributed by atoms with Gasteiger partial charge in [0.1, 0.15) is 5.69 Å². The summed E-state index contributed by atoms with van der Waals surface area (Å²) in [6, 6.07) is 4.13. The molecular formula is C16H18F3N7O2. The van der Waals surface area contributed by atoms with Gasteiger partial charge in [-0.05, 0) is 12.1 Å². The summed E-state index contributed by atoms with van der Waals surface area (Å²) in [4.78, 5) is 25.2. The molecule has 2 aromatic rings. The largest absolute Gasteiger partial charge is 0.416 e. The highest BCUT2D eigenvalue weighted by Crippen LogP contribution is 2.33. The molecule has 0 aliphatic carbocycles. The summed E-state index contributed by atoms with van der Waals surface area (Å²) in [5.41, 5.74) is 15.3. The van der Waals surface area contributed by atoms with E-state index in [4.69, 9.17) is 22.3 Å². The molecule has 2 rings (SSSR count). The Morgan fingerprint density at radius 2 is 1.82 bits per heavy atom. The number of carbonyl (C=O) groups is 1. The van der Waals surface area contributed by atoms with Gasteiger partial charge >= 0.3 is 12.1 Å². The van der Waals surface area contributed by atoms with Crippen molar-refractivity contribution >= 4 is 23.5 Å². The number of aliphatic imine (C=N–C) groups is 1. The summed E-state index contributed by atoms with van der Waals surface area (Å²) >= 11 is 0. The molecule has 0 saturated heterocycles. The fourth-order valence-corrected chi connectivity index (χ4v) is 2.30. The van der Waals surface area contributed by atoms with Gasteiger partial charge in [0.15, 0.2) is 23.3 Å². The van der Waals surface area contributed by atoms with E-state index in [-0.39, 0.29) is 41.7 Å². The topological polar surface area (TPSA) is 157 Å². The molecule has 12 heteroatoms. The van der Waals surface area contributed by atoms with Crippen molar-refractivity contribution in [3.63, 3.8) is 0 Å². The summed E-state index contributed by atoms with van der Waals surface area (Å²) in [5.74, 6) is -1.57. The van der Waals surface area contributed by atoms with E-state index in [0.717, 1.165) is 12.1 Å². The zero-order valence-electron chi connectivity index (χ0n) is 14.7. The minimum absolute atomic E-state index is 0.0769. The molecule has 0 spiro atoms. The van der Waals surface area contributed by atoms with Crippen molar-refractivity contribution in [2.75, 3.05) is 30.8 Å². The molecule has 150 valence electrons. The monoisotopic (exact) mass is 397 g/mol. The van der Waals surface area contributed by atoms with Crippen molar-refractivity contribution < 1.29 is 23.1 Å². The van der Waals surface area contributed by atoms with Crippen LogP contribution in [0.5, 0.6) is 0 Å². The number of benzene rings is 1. The SMILES string of the molecule is CN(CCO)c1nc(N)c(C(=O)N=C(N)N)nc1-c1ccc(C(F)(F)F)cc1. The smallest absolute Gasteiger partial charge is 0.395 e. The van der Waals surface area contributed by atoms with Crippen molar-refractivity contribution in [1.82, 2.24) is 9.97 Å². The summed E-state index contributed by atoms with van der Waals surface area (Å²) in [5, 5.41) is 9.15. The maximum Gasteiger partial charge on any atom is 0.416 e. The molecule has 0 atom stereocenters. The summed E-state index contributed by atoms with van der Waals surface area (Å²) in [7, 11) is 1.57. The van der Waals surface area contributed by atoms with Gasteiger partial charge < -0.3 is 27.2 Å². The van der Waals surface area contributed by atoms with Crippen LogP contribution in [0.25, 0.3) is 11.3 Å². The number of amides is 1. The van der Waals surface area contributed by atoms with E-state index < -0.39 is 23.6 Å². The number of halogens is 3. The van der Waals surface area contributed by atoms with E-state index in [1.807, 2.05) is 0 Å². The minimum Gasteiger partial charge on any atom is -0.395 e. The fraction of sp³-hybridized carbons (Fsp3) is 0.250. The molecule has 1 aromatic heterocycles. The van der Waals surface area contributed by atoms with Crippen LogP contribution in [0.1, 0.15) is 16.1 Å². The first-order valence-corrected chi connectivity index (χ1v) is 7.85. The number of aliphatic hydroxyl groups is 1. The Kier molecular flexibility index (Phi) is 6.03. The predicted molar refractivity (Wildman–Crippen MR) is 97.4 cm³/mol. The molecule has 1 amide bonds. The lowest BCUT2D eigenvalue weighted by molar-refractivity contribution is -0.137. The first kappa shape index (κ1) is 20.9. The van der Waals surface area contributed by atoms with Crippen LogP contribution in [0.2, 0.25) is 0 Å². The van der Waals surface area contributed by atoms with Crippen LogP contribution in [-0.4, -0.2) is 47.1 Å². The Bertz CT molecular complexity index is 894. The second kappa shape index (κ2) is 8.08. The Hall–Kier alpha value is -3.41. The van der Waals surface area contributed by atoms with E-state index in [1.165, 1.54) is 17.0 Å². The number of nitrogens with zero attached hydrogens (tertiary/aromatic N) is 4. The first-order chi connectivity index (χ1) is 13.0. The van der Waals surface area contributed by atoms with E-state index >= 15 is 0 Å². The number of rotatable bonds is 5. The number of anilines is 2.